The van der Waals surface area contributed by atoms with Crippen LogP contribution >= 0.6 is 12.4 Å². The topological polar surface area (TPSA) is 74.2 Å². The third-order valence-electron chi connectivity index (χ3n) is 4.90. The lowest BCUT2D eigenvalue weighted by molar-refractivity contribution is 0.228. The molecule has 0 bridgehead atoms. The summed E-state index contributed by atoms with van der Waals surface area (Å²) >= 11 is 0. The van der Waals surface area contributed by atoms with E-state index in [9.17, 15) is 0 Å². The van der Waals surface area contributed by atoms with Crippen LogP contribution in [0.15, 0.2) is 28.8 Å². The molecule has 5 nitrogen and oxygen atoms in total. The van der Waals surface area contributed by atoms with Gasteiger partial charge < -0.3 is 15.0 Å². The summed E-state index contributed by atoms with van der Waals surface area (Å²) in [6.45, 7) is 0. The minimum atomic E-state index is -0.376. The van der Waals surface area contributed by atoms with Crippen LogP contribution in [0.3, 0.4) is 0 Å². The SMILES string of the molecule is COc1ccccc1C1(c2nc(C3(N)CCC3)no2)CC1.Cl. The maximum atomic E-state index is 6.29. The number of benzene rings is 1. The Balaban J connectivity index is 0.00000144. The Bertz CT molecular complexity index is 678. The van der Waals surface area contributed by atoms with Crippen molar-refractivity contribution in [2.24, 2.45) is 5.73 Å². The van der Waals surface area contributed by atoms with Gasteiger partial charge in [-0.2, -0.15) is 4.98 Å². The molecule has 0 aliphatic heterocycles. The lowest BCUT2D eigenvalue weighted by Gasteiger charge is -2.34. The van der Waals surface area contributed by atoms with Crippen molar-refractivity contribution in [1.29, 1.82) is 0 Å². The van der Waals surface area contributed by atoms with Gasteiger partial charge in [-0.05, 0) is 38.2 Å². The van der Waals surface area contributed by atoms with Gasteiger partial charge in [0, 0.05) is 5.56 Å². The third-order valence-corrected chi connectivity index (χ3v) is 4.90. The number of methoxy groups -OCH3 is 1. The van der Waals surface area contributed by atoms with Crippen LogP contribution in [0.25, 0.3) is 0 Å². The number of halogens is 1. The monoisotopic (exact) mass is 321 g/mol. The normalized spacial score (nSPS) is 20.6. The first-order valence-corrected chi connectivity index (χ1v) is 7.45. The van der Waals surface area contributed by atoms with Crippen molar-refractivity contribution in [3.63, 3.8) is 0 Å². The molecule has 4 rings (SSSR count). The summed E-state index contributed by atoms with van der Waals surface area (Å²) in [5, 5.41) is 4.15. The average molecular weight is 322 g/mol. The van der Waals surface area contributed by atoms with E-state index >= 15 is 0 Å². The van der Waals surface area contributed by atoms with E-state index in [2.05, 4.69) is 16.2 Å². The van der Waals surface area contributed by atoms with Crippen LogP contribution in [0, 0.1) is 0 Å². The van der Waals surface area contributed by atoms with Gasteiger partial charge in [0.2, 0.25) is 5.89 Å². The fourth-order valence-corrected chi connectivity index (χ4v) is 3.16. The van der Waals surface area contributed by atoms with E-state index in [-0.39, 0.29) is 23.4 Å². The largest absolute Gasteiger partial charge is 0.496 e. The Morgan fingerprint density at radius 3 is 2.50 bits per heavy atom. The standard InChI is InChI=1S/C16H19N3O2.ClH/c1-20-12-6-3-2-5-11(12)15(9-10-15)14-18-13(19-21-14)16(17)7-4-8-16;/h2-3,5-6H,4,7-10,17H2,1H3;1H. The van der Waals surface area contributed by atoms with Crippen LogP contribution in [-0.2, 0) is 11.0 Å². The van der Waals surface area contributed by atoms with Gasteiger partial charge in [0.1, 0.15) is 5.75 Å². The highest BCUT2D eigenvalue weighted by atomic mass is 35.5. The molecular weight excluding hydrogens is 302 g/mol. The van der Waals surface area contributed by atoms with E-state index < -0.39 is 0 Å². The molecule has 0 spiro atoms. The van der Waals surface area contributed by atoms with Gasteiger partial charge >= 0.3 is 0 Å². The van der Waals surface area contributed by atoms with Gasteiger partial charge in [0.15, 0.2) is 5.82 Å². The molecule has 2 saturated carbocycles. The average Bonchev–Trinajstić information content (AvgIpc) is 3.14. The maximum absolute atomic E-state index is 6.29. The number of rotatable bonds is 4. The second-order valence-corrected chi connectivity index (χ2v) is 6.22. The molecule has 2 fully saturated rings. The predicted molar refractivity (Wildman–Crippen MR) is 84.3 cm³/mol. The van der Waals surface area contributed by atoms with Gasteiger partial charge in [-0.1, -0.05) is 23.4 Å². The molecule has 0 unspecified atom stereocenters. The third kappa shape index (κ3) is 2.11. The number of aromatic nitrogens is 2. The molecular formula is C16H20ClN3O2. The van der Waals surface area contributed by atoms with Crippen molar-refractivity contribution in [1.82, 2.24) is 10.1 Å². The Kier molecular flexibility index (Phi) is 3.65. The first kappa shape index (κ1) is 15.3. The van der Waals surface area contributed by atoms with Gasteiger partial charge in [-0.15, -0.1) is 12.4 Å². The zero-order valence-corrected chi connectivity index (χ0v) is 13.4. The van der Waals surface area contributed by atoms with Crippen LogP contribution in [0.5, 0.6) is 5.75 Å². The van der Waals surface area contributed by atoms with E-state index in [0.29, 0.717) is 11.7 Å². The lowest BCUT2D eigenvalue weighted by Crippen LogP contribution is -2.44. The molecule has 22 heavy (non-hydrogen) atoms. The van der Waals surface area contributed by atoms with Crippen molar-refractivity contribution < 1.29 is 9.26 Å². The number of hydrogen-bond acceptors (Lipinski definition) is 5. The molecule has 0 amide bonds. The predicted octanol–water partition coefficient (Wildman–Crippen LogP) is 2.92. The van der Waals surface area contributed by atoms with Crippen LogP contribution in [0.1, 0.15) is 49.4 Å². The molecule has 1 aromatic heterocycles. The van der Waals surface area contributed by atoms with Crippen LogP contribution in [0.4, 0.5) is 0 Å². The smallest absolute Gasteiger partial charge is 0.237 e. The van der Waals surface area contributed by atoms with E-state index in [1.54, 1.807) is 7.11 Å². The van der Waals surface area contributed by atoms with Gasteiger partial charge in [0.05, 0.1) is 18.1 Å². The van der Waals surface area contributed by atoms with Crippen molar-refractivity contribution in [2.75, 3.05) is 7.11 Å². The lowest BCUT2D eigenvalue weighted by atomic mass is 9.77. The molecule has 2 aromatic rings. The van der Waals surface area contributed by atoms with Crippen molar-refractivity contribution in [2.45, 2.75) is 43.1 Å². The zero-order chi connectivity index (χ0) is 14.5. The van der Waals surface area contributed by atoms with E-state index in [0.717, 1.165) is 43.4 Å². The van der Waals surface area contributed by atoms with E-state index in [1.165, 1.54) is 0 Å². The van der Waals surface area contributed by atoms with Gasteiger partial charge in [-0.25, -0.2) is 0 Å². The Hall–Kier alpha value is -1.59. The molecule has 6 heteroatoms. The van der Waals surface area contributed by atoms with E-state index in [1.807, 2.05) is 18.2 Å². The minimum Gasteiger partial charge on any atom is -0.496 e. The van der Waals surface area contributed by atoms with Crippen molar-refractivity contribution >= 4 is 12.4 Å². The van der Waals surface area contributed by atoms with Crippen LogP contribution < -0.4 is 10.5 Å². The molecule has 2 aliphatic rings. The molecule has 1 aromatic carbocycles. The summed E-state index contributed by atoms with van der Waals surface area (Å²) in [5.41, 5.74) is 6.85. The molecule has 1 heterocycles. The minimum absolute atomic E-state index is 0. The van der Waals surface area contributed by atoms with Crippen LogP contribution in [-0.4, -0.2) is 17.3 Å². The maximum Gasteiger partial charge on any atom is 0.237 e. The number of para-hydroxylation sites is 1. The number of hydrogen-bond donors (Lipinski definition) is 1. The molecule has 0 atom stereocenters. The second-order valence-electron chi connectivity index (χ2n) is 6.22. The first-order valence-electron chi connectivity index (χ1n) is 7.45. The van der Waals surface area contributed by atoms with Crippen molar-refractivity contribution in [3.8, 4) is 5.75 Å². The summed E-state index contributed by atoms with van der Waals surface area (Å²) in [5.74, 6) is 2.21. The summed E-state index contributed by atoms with van der Waals surface area (Å²) < 4.78 is 11.1. The zero-order valence-electron chi connectivity index (χ0n) is 12.5. The molecule has 0 radical (unpaired) electrons. The van der Waals surface area contributed by atoms with Crippen molar-refractivity contribution in [3.05, 3.63) is 41.5 Å². The fraction of sp³-hybridized carbons (Fsp3) is 0.500. The second kappa shape index (κ2) is 5.25. The Morgan fingerprint density at radius 1 is 1.18 bits per heavy atom. The highest BCUT2D eigenvalue weighted by Crippen LogP contribution is 2.55. The van der Waals surface area contributed by atoms with Gasteiger partial charge in [-0.3, -0.25) is 0 Å². The number of nitrogens with two attached hydrogens (primary N) is 1. The summed E-state index contributed by atoms with van der Waals surface area (Å²) in [7, 11) is 1.69. The van der Waals surface area contributed by atoms with Crippen LogP contribution in [0.2, 0.25) is 0 Å². The highest BCUT2D eigenvalue weighted by molar-refractivity contribution is 5.85. The molecule has 0 saturated heterocycles. The summed E-state index contributed by atoms with van der Waals surface area (Å²) in [6.07, 6.45) is 5.03. The Labute approximate surface area is 135 Å². The quantitative estimate of drug-likeness (QED) is 0.937. The summed E-state index contributed by atoms with van der Waals surface area (Å²) in [4.78, 5) is 4.63. The first-order chi connectivity index (χ1) is 10.2. The Morgan fingerprint density at radius 2 is 1.91 bits per heavy atom. The number of nitrogens with zero attached hydrogens (tertiary/aromatic N) is 2. The fourth-order valence-electron chi connectivity index (χ4n) is 3.16. The highest BCUT2D eigenvalue weighted by Gasteiger charge is 2.53. The molecule has 2 N–H and O–H groups in total. The molecule has 118 valence electrons. The van der Waals surface area contributed by atoms with E-state index in [4.69, 9.17) is 15.0 Å². The molecule has 2 aliphatic carbocycles. The number of ether oxygens (including phenoxy) is 1. The summed E-state index contributed by atoms with van der Waals surface area (Å²) in [6, 6.07) is 8.05. The van der Waals surface area contributed by atoms with Gasteiger partial charge in [0.25, 0.3) is 0 Å².